The molecule has 0 saturated carbocycles. The lowest BCUT2D eigenvalue weighted by Crippen LogP contribution is -1.76. The van der Waals surface area contributed by atoms with Crippen molar-refractivity contribution in [2.45, 2.75) is 6.92 Å². The van der Waals surface area contributed by atoms with Crippen LogP contribution in [0.1, 0.15) is 12.5 Å². The van der Waals surface area contributed by atoms with Crippen LogP contribution in [0.15, 0.2) is 36.6 Å². The molecule has 0 aromatic heterocycles. The third-order valence-electron chi connectivity index (χ3n) is 1.42. The van der Waals surface area contributed by atoms with Crippen molar-refractivity contribution in [2.24, 2.45) is 0 Å². The second-order valence-electron chi connectivity index (χ2n) is 2.18. The van der Waals surface area contributed by atoms with E-state index in [1.54, 1.807) is 0 Å². The number of hydrogen-bond acceptors (Lipinski definition) is 1. The molecule has 0 unspecified atom stereocenters. The summed E-state index contributed by atoms with van der Waals surface area (Å²) in [6.45, 7) is 1.87. The molecule has 0 saturated heterocycles. The Hall–Kier alpha value is -1.24. The monoisotopic (exact) mass is 134 g/mol. The van der Waals surface area contributed by atoms with Crippen LogP contribution in [0.3, 0.4) is 0 Å². The Balaban J connectivity index is 2.96. The van der Waals surface area contributed by atoms with E-state index in [9.17, 15) is 0 Å². The number of rotatable bonds is 1. The predicted molar refractivity (Wildman–Crippen MR) is 42.7 cm³/mol. The quantitative estimate of drug-likeness (QED) is 0.585. The van der Waals surface area contributed by atoms with Crippen LogP contribution in [-0.4, -0.2) is 5.11 Å². The van der Waals surface area contributed by atoms with E-state index in [1.807, 2.05) is 37.3 Å². The fourth-order valence-electron chi connectivity index (χ4n) is 0.776. The summed E-state index contributed by atoms with van der Waals surface area (Å²) in [5.41, 5.74) is 1.95. The number of aliphatic hydroxyl groups excluding tert-OH is 1. The second kappa shape index (κ2) is 3.06. The molecule has 0 amide bonds. The SMILES string of the molecule is C/C(=C\O)c1ccccc1. The topological polar surface area (TPSA) is 20.2 Å². The van der Waals surface area contributed by atoms with Gasteiger partial charge in [-0.25, -0.2) is 0 Å². The molecule has 0 aliphatic carbocycles. The van der Waals surface area contributed by atoms with Gasteiger partial charge < -0.3 is 5.11 Å². The molecular weight excluding hydrogens is 124 g/mol. The largest absolute Gasteiger partial charge is 0.515 e. The highest BCUT2D eigenvalue weighted by Crippen LogP contribution is 2.10. The maximum atomic E-state index is 8.63. The van der Waals surface area contributed by atoms with Crippen molar-refractivity contribution in [3.05, 3.63) is 42.2 Å². The molecule has 0 aliphatic heterocycles. The van der Waals surface area contributed by atoms with Crippen LogP contribution in [0.5, 0.6) is 0 Å². The summed E-state index contributed by atoms with van der Waals surface area (Å²) in [6.07, 6.45) is 1.12. The molecule has 1 aromatic rings. The van der Waals surface area contributed by atoms with E-state index in [1.165, 1.54) is 0 Å². The lowest BCUT2D eigenvalue weighted by molar-refractivity contribution is 0.475. The van der Waals surface area contributed by atoms with Gasteiger partial charge in [0.15, 0.2) is 0 Å². The minimum absolute atomic E-state index is 0.889. The summed E-state index contributed by atoms with van der Waals surface area (Å²) < 4.78 is 0. The van der Waals surface area contributed by atoms with Crippen molar-refractivity contribution in [1.29, 1.82) is 0 Å². The normalized spacial score (nSPS) is 11.5. The zero-order valence-corrected chi connectivity index (χ0v) is 5.91. The first kappa shape index (κ1) is 6.87. The van der Waals surface area contributed by atoms with E-state index in [-0.39, 0.29) is 0 Å². The molecule has 0 aliphatic rings. The maximum absolute atomic E-state index is 8.63. The van der Waals surface area contributed by atoms with Gasteiger partial charge in [0.05, 0.1) is 6.26 Å². The fraction of sp³-hybridized carbons (Fsp3) is 0.111. The number of hydrogen-bond donors (Lipinski definition) is 1. The summed E-state index contributed by atoms with van der Waals surface area (Å²) in [5.74, 6) is 0. The van der Waals surface area contributed by atoms with E-state index in [0.29, 0.717) is 0 Å². The first-order chi connectivity index (χ1) is 4.84. The van der Waals surface area contributed by atoms with Crippen LogP contribution in [0.2, 0.25) is 0 Å². The molecule has 0 atom stereocenters. The van der Waals surface area contributed by atoms with Gasteiger partial charge in [0.1, 0.15) is 0 Å². The van der Waals surface area contributed by atoms with E-state index in [2.05, 4.69) is 0 Å². The van der Waals surface area contributed by atoms with Crippen LogP contribution in [0, 0.1) is 0 Å². The van der Waals surface area contributed by atoms with Crippen molar-refractivity contribution in [3.8, 4) is 0 Å². The standard InChI is InChI=1S/C9H10O/c1-8(7-10)9-5-3-2-4-6-9/h2-7,10H,1H3/b8-7+. The third kappa shape index (κ3) is 1.38. The minimum atomic E-state index is 0.889. The molecule has 0 fully saturated rings. The molecule has 1 N–H and O–H groups in total. The molecule has 1 rings (SSSR count). The average Bonchev–Trinajstić information content (AvgIpc) is 2.05. The first-order valence-corrected chi connectivity index (χ1v) is 3.21. The fourth-order valence-corrected chi connectivity index (χ4v) is 0.776. The van der Waals surface area contributed by atoms with Crippen molar-refractivity contribution in [2.75, 3.05) is 0 Å². The molecule has 1 heteroatoms. The van der Waals surface area contributed by atoms with Crippen molar-refractivity contribution < 1.29 is 5.11 Å². The van der Waals surface area contributed by atoms with Gasteiger partial charge in [0.2, 0.25) is 0 Å². The highest BCUT2D eigenvalue weighted by molar-refractivity contribution is 5.62. The van der Waals surface area contributed by atoms with Gasteiger partial charge in [-0.05, 0) is 18.1 Å². The first-order valence-electron chi connectivity index (χ1n) is 3.21. The molecule has 0 heterocycles. The van der Waals surface area contributed by atoms with Crippen LogP contribution in [0.25, 0.3) is 5.57 Å². The number of aliphatic hydroxyl groups is 1. The Morgan fingerprint density at radius 2 is 1.90 bits per heavy atom. The molecular formula is C9H10O. The van der Waals surface area contributed by atoms with Gasteiger partial charge in [0, 0.05) is 0 Å². The minimum Gasteiger partial charge on any atom is -0.515 e. The van der Waals surface area contributed by atoms with Gasteiger partial charge in [0.25, 0.3) is 0 Å². The Kier molecular flexibility index (Phi) is 2.11. The van der Waals surface area contributed by atoms with Gasteiger partial charge >= 0.3 is 0 Å². The van der Waals surface area contributed by atoms with Crippen LogP contribution < -0.4 is 0 Å². The van der Waals surface area contributed by atoms with Gasteiger partial charge in [-0.3, -0.25) is 0 Å². The Labute approximate surface area is 60.6 Å². The summed E-state index contributed by atoms with van der Waals surface area (Å²) in [7, 11) is 0. The van der Waals surface area contributed by atoms with E-state index in [4.69, 9.17) is 5.11 Å². The van der Waals surface area contributed by atoms with Crippen LogP contribution in [0.4, 0.5) is 0 Å². The zero-order valence-electron chi connectivity index (χ0n) is 5.91. The summed E-state index contributed by atoms with van der Waals surface area (Å²) in [6, 6.07) is 9.77. The number of allylic oxidation sites excluding steroid dienone is 1. The molecule has 10 heavy (non-hydrogen) atoms. The highest BCUT2D eigenvalue weighted by Gasteiger charge is 1.90. The van der Waals surface area contributed by atoms with E-state index >= 15 is 0 Å². The molecule has 0 bridgehead atoms. The lowest BCUT2D eigenvalue weighted by Gasteiger charge is -1.96. The molecule has 52 valence electrons. The Morgan fingerprint density at radius 3 is 2.40 bits per heavy atom. The summed E-state index contributed by atoms with van der Waals surface area (Å²) in [5, 5.41) is 8.63. The maximum Gasteiger partial charge on any atom is 0.0826 e. The highest BCUT2D eigenvalue weighted by atomic mass is 16.2. The molecule has 0 radical (unpaired) electrons. The van der Waals surface area contributed by atoms with Gasteiger partial charge in [-0.2, -0.15) is 0 Å². The molecule has 1 aromatic carbocycles. The van der Waals surface area contributed by atoms with Gasteiger partial charge in [-0.1, -0.05) is 30.3 Å². The molecule has 0 spiro atoms. The smallest absolute Gasteiger partial charge is 0.0826 e. The Bertz CT molecular complexity index is 224. The summed E-state index contributed by atoms with van der Waals surface area (Å²) in [4.78, 5) is 0. The number of benzene rings is 1. The van der Waals surface area contributed by atoms with Crippen LogP contribution in [-0.2, 0) is 0 Å². The van der Waals surface area contributed by atoms with E-state index < -0.39 is 0 Å². The van der Waals surface area contributed by atoms with Gasteiger partial charge in [-0.15, -0.1) is 0 Å². The van der Waals surface area contributed by atoms with Crippen molar-refractivity contribution in [3.63, 3.8) is 0 Å². The second-order valence-corrected chi connectivity index (χ2v) is 2.18. The van der Waals surface area contributed by atoms with Crippen LogP contribution >= 0.6 is 0 Å². The summed E-state index contributed by atoms with van der Waals surface area (Å²) >= 11 is 0. The van der Waals surface area contributed by atoms with Crippen molar-refractivity contribution >= 4 is 5.57 Å². The average molecular weight is 134 g/mol. The van der Waals surface area contributed by atoms with Crippen molar-refractivity contribution in [1.82, 2.24) is 0 Å². The van der Waals surface area contributed by atoms with E-state index in [0.717, 1.165) is 17.4 Å². The predicted octanol–water partition coefficient (Wildman–Crippen LogP) is 2.61. The zero-order chi connectivity index (χ0) is 7.40. The third-order valence-corrected chi connectivity index (χ3v) is 1.42. The Morgan fingerprint density at radius 1 is 1.30 bits per heavy atom. The molecule has 1 nitrogen and oxygen atoms in total. The lowest BCUT2D eigenvalue weighted by atomic mass is 10.1.